The number of cyclic esters (lactones) is 2. The number of ether oxygens (including phenoxy) is 2. The first kappa shape index (κ1) is 7.66. The third-order valence-corrected chi connectivity index (χ3v) is 3.04. The molecule has 6 nitrogen and oxygen atoms in total. The van der Waals surface area contributed by atoms with Crippen molar-refractivity contribution in [3.05, 3.63) is 0 Å². The summed E-state index contributed by atoms with van der Waals surface area (Å²) in [6.45, 7) is 0. The van der Waals surface area contributed by atoms with Crippen molar-refractivity contribution < 1.29 is 28.7 Å². The molecule has 4 rings (SSSR count). The lowest BCUT2D eigenvalue weighted by Crippen LogP contribution is -2.69. The van der Waals surface area contributed by atoms with Crippen LogP contribution < -0.4 is 0 Å². The van der Waals surface area contributed by atoms with Crippen LogP contribution in [0.2, 0.25) is 0 Å². The Balaban J connectivity index is 2.09. The zero-order valence-corrected chi connectivity index (χ0v) is 6.76. The van der Waals surface area contributed by atoms with E-state index in [1.54, 1.807) is 0 Å². The molecule has 72 valence electrons. The first-order valence-electron chi connectivity index (χ1n) is 4.12. The molecule has 3 aliphatic heterocycles. The quantitative estimate of drug-likeness (QED) is 0.351. The van der Waals surface area contributed by atoms with Gasteiger partial charge in [-0.25, -0.2) is 0 Å². The van der Waals surface area contributed by atoms with Crippen LogP contribution in [0.25, 0.3) is 0 Å². The highest BCUT2D eigenvalue weighted by Gasteiger charge is 2.72. The zero-order chi connectivity index (χ0) is 10.0. The molecular weight excluding hydrogens is 192 g/mol. The van der Waals surface area contributed by atoms with E-state index in [1.807, 2.05) is 0 Å². The molecule has 14 heavy (non-hydrogen) atoms. The third-order valence-electron chi connectivity index (χ3n) is 3.04. The molecule has 0 amide bonds. The van der Waals surface area contributed by atoms with Crippen molar-refractivity contribution in [3.8, 4) is 0 Å². The van der Waals surface area contributed by atoms with Crippen LogP contribution in [0.1, 0.15) is 0 Å². The Morgan fingerprint density at radius 2 is 0.786 bits per heavy atom. The predicted molar refractivity (Wildman–Crippen MR) is 36.2 cm³/mol. The Morgan fingerprint density at radius 3 is 1.00 bits per heavy atom. The SMILES string of the molecule is O=C1OC(=O)C2C3C(=O)OC(=O)C2C13. The van der Waals surface area contributed by atoms with Crippen LogP contribution >= 0.6 is 0 Å². The van der Waals surface area contributed by atoms with Crippen molar-refractivity contribution >= 4 is 23.9 Å². The highest BCUT2D eigenvalue weighted by atomic mass is 16.6. The van der Waals surface area contributed by atoms with Gasteiger partial charge in [-0.3, -0.25) is 19.2 Å². The van der Waals surface area contributed by atoms with Gasteiger partial charge in [-0.2, -0.15) is 0 Å². The average Bonchev–Trinajstić information content (AvgIpc) is 1.98. The van der Waals surface area contributed by atoms with Gasteiger partial charge in [0.2, 0.25) is 0 Å². The van der Waals surface area contributed by atoms with E-state index in [0.29, 0.717) is 0 Å². The molecule has 0 unspecified atom stereocenters. The van der Waals surface area contributed by atoms with E-state index in [0.717, 1.165) is 0 Å². The maximum absolute atomic E-state index is 11.1. The Kier molecular flexibility index (Phi) is 1.11. The summed E-state index contributed by atoms with van der Waals surface area (Å²) >= 11 is 0. The van der Waals surface area contributed by atoms with Gasteiger partial charge in [0, 0.05) is 0 Å². The molecule has 3 saturated heterocycles. The fraction of sp³-hybridized carbons (Fsp3) is 0.500. The van der Waals surface area contributed by atoms with Gasteiger partial charge in [-0.1, -0.05) is 0 Å². The highest BCUT2D eigenvalue weighted by molar-refractivity contribution is 6.10. The Labute approximate surface area is 77.1 Å². The number of hydrogen-bond acceptors (Lipinski definition) is 6. The van der Waals surface area contributed by atoms with E-state index in [-0.39, 0.29) is 0 Å². The average molecular weight is 196 g/mol. The second kappa shape index (κ2) is 2.02. The molecule has 4 aliphatic rings. The number of rotatable bonds is 0. The molecule has 0 atom stereocenters. The maximum Gasteiger partial charge on any atom is 0.318 e. The minimum atomic E-state index is -0.786. The number of carbonyl (C=O) groups excluding carboxylic acids is 4. The Bertz CT molecular complexity index is 315. The number of hydrogen-bond donors (Lipinski definition) is 0. The van der Waals surface area contributed by atoms with Gasteiger partial charge in [-0.15, -0.1) is 0 Å². The van der Waals surface area contributed by atoms with E-state index < -0.39 is 47.5 Å². The number of carbonyl (C=O) groups is 4. The van der Waals surface area contributed by atoms with Crippen LogP contribution in [0.15, 0.2) is 0 Å². The Morgan fingerprint density at radius 1 is 0.571 bits per heavy atom. The van der Waals surface area contributed by atoms with E-state index in [1.165, 1.54) is 0 Å². The molecule has 0 N–H and O–H groups in total. The molecule has 0 aromatic carbocycles. The molecule has 0 radical (unpaired) electrons. The summed E-state index contributed by atoms with van der Waals surface area (Å²) in [6.07, 6.45) is 0. The van der Waals surface area contributed by atoms with Crippen LogP contribution in [-0.4, -0.2) is 23.9 Å². The molecule has 1 aliphatic carbocycles. The summed E-state index contributed by atoms with van der Waals surface area (Å²) in [7, 11) is 0. The predicted octanol–water partition coefficient (Wildman–Crippen LogP) is -1.37. The lowest BCUT2D eigenvalue weighted by molar-refractivity contribution is -0.227. The first-order valence-corrected chi connectivity index (χ1v) is 4.12. The Hall–Kier alpha value is -1.72. The summed E-state index contributed by atoms with van der Waals surface area (Å²) in [5.74, 6) is -6.26. The third kappa shape index (κ3) is 0.604. The van der Waals surface area contributed by atoms with Crippen molar-refractivity contribution in [2.45, 2.75) is 0 Å². The van der Waals surface area contributed by atoms with Crippen molar-refractivity contribution in [2.75, 3.05) is 0 Å². The van der Waals surface area contributed by atoms with Gasteiger partial charge in [0.15, 0.2) is 0 Å². The lowest BCUT2D eigenvalue weighted by Gasteiger charge is -2.51. The van der Waals surface area contributed by atoms with Crippen LogP contribution in [0, 0.1) is 23.7 Å². The van der Waals surface area contributed by atoms with Crippen molar-refractivity contribution in [2.24, 2.45) is 23.7 Å². The summed E-state index contributed by atoms with van der Waals surface area (Å²) in [5, 5.41) is 0. The van der Waals surface area contributed by atoms with Gasteiger partial charge >= 0.3 is 23.9 Å². The largest absolute Gasteiger partial charge is 0.393 e. The topological polar surface area (TPSA) is 86.7 Å². The maximum atomic E-state index is 11.1. The van der Waals surface area contributed by atoms with Crippen molar-refractivity contribution in [3.63, 3.8) is 0 Å². The summed E-state index contributed by atoms with van der Waals surface area (Å²) in [4.78, 5) is 44.6. The second-order valence-corrected chi connectivity index (χ2v) is 3.58. The van der Waals surface area contributed by atoms with E-state index in [4.69, 9.17) is 0 Å². The van der Waals surface area contributed by atoms with Crippen molar-refractivity contribution in [1.82, 2.24) is 0 Å². The molecule has 0 aromatic rings. The summed E-state index contributed by atoms with van der Waals surface area (Å²) in [6, 6.07) is 0. The van der Waals surface area contributed by atoms with E-state index in [2.05, 4.69) is 9.47 Å². The van der Waals surface area contributed by atoms with Gasteiger partial charge in [0.05, 0.1) is 23.7 Å². The molecule has 6 heteroatoms. The van der Waals surface area contributed by atoms with Crippen molar-refractivity contribution in [1.29, 1.82) is 0 Å². The molecule has 3 heterocycles. The van der Waals surface area contributed by atoms with E-state index in [9.17, 15) is 19.2 Å². The summed E-state index contributed by atoms with van der Waals surface area (Å²) in [5.41, 5.74) is 0. The number of fused-ring (bicyclic) bond motifs is 2. The van der Waals surface area contributed by atoms with E-state index >= 15 is 0 Å². The molecular formula is C8H4O6. The van der Waals surface area contributed by atoms with Crippen LogP contribution in [0.4, 0.5) is 0 Å². The lowest BCUT2D eigenvalue weighted by atomic mass is 9.53. The molecule has 4 bridgehead atoms. The number of esters is 4. The fourth-order valence-electron chi connectivity index (χ4n) is 2.39. The molecule has 4 fully saturated rings. The van der Waals surface area contributed by atoms with Gasteiger partial charge in [0.25, 0.3) is 0 Å². The van der Waals surface area contributed by atoms with Gasteiger partial charge in [0.1, 0.15) is 0 Å². The van der Waals surface area contributed by atoms with Crippen LogP contribution in [-0.2, 0) is 28.7 Å². The normalized spacial score (nSPS) is 44.0. The standard InChI is InChI=1S/C8H4O6/c9-5-1-2-4(8(12)13-5)3(1)7(11)14-6(2)10/h1-4H. The summed E-state index contributed by atoms with van der Waals surface area (Å²) < 4.78 is 8.69. The van der Waals surface area contributed by atoms with Crippen LogP contribution in [0.3, 0.4) is 0 Å². The monoisotopic (exact) mass is 196 g/mol. The fourth-order valence-corrected chi connectivity index (χ4v) is 2.39. The minimum Gasteiger partial charge on any atom is -0.393 e. The smallest absolute Gasteiger partial charge is 0.318 e. The van der Waals surface area contributed by atoms with Gasteiger partial charge in [-0.05, 0) is 0 Å². The molecule has 1 saturated carbocycles. The first-order chi connectivity index (χ1) is 6.61. The highest BCUT2D eigenvalue weighted by Crippen LogP contribution is 2.54. The molecule has 0 aromatic heterocycles. The second-order valence-electron chi connectivity index (χ2n) is 3.58. The minimum absolute atomic E-state index is 0.780. The molecule has 0 spiro atoms. The zero-order valence-electron chi connectivity index (χ0n) is 6.76. The van der Waals surface area contributed by atoms with Crippen LogP contribution in [0.5, 0.6) is 0 Å². The van der Waals surface area contributed by atoms with Gasteiger partial charge < -0.3 is 9.47 Å².